The summed E-state index contributed by atoms with van der Waals surface area (Å²) in [5.41, 5.74) is -0.0832. The number of ether oxygens (including phenoxy) is 1. The van der Waals surface area contributed by atoms with Gasteiger partial charge in [0.15, 0.2) is 0 Å². The van der Waals surface area contributed by atoms with E-state index in [1.54, 1.807) is 45.0 Å². The minimum Gasteiger partial charge on any atom is -0.460 e. The van der Waals surface area contributed by atoms with E-state index in [0.717, 1.165) is 0 Å². The highest BCUT2D eigenvalue weighted by Gasteiger charge is 2.44. The summed E-state index contributed by atoms with van der Waals surface area (Å²) in [6, 6.07) is 8.86. The van der Waals surface area contributed by atoms with E-state index in [1.165, 1.54) is 9.21 Å². The Morgan fingerprint density at radius 1 is 1.10 bits per heavy atom. The molecule has 2 aliphatic heterocycles. The lowest BCUT2D eigenvalue weighted by atomic mass is 9.84. The smallest absolute Gasteiger partial charge is 0.307 e. The van der Waals surface area contributed by atoms with Crippen LogP contribution in [0.2, 0.25) is 0 Å². The third-order valence-electron chi connectivity index (χ3n) is 5.64. The molecule has 0 bridgehead atoms. The van der Waals surface area contributed by atoms with Crippen LogP contribution in [-0.4, -0.2) is 55.0 Å². The zero-order valence-corrected chi connectivity index (χ0v) is 19.1. The zero-order chi connectivity index (χ0) is 22.8. The average Bonchev–Trinajstić information content (AvgIpc) is 3.00. The summed E-state index contributed by atoms with van der Waals surface area (Å²) in [6.07, 6.45) is 0.987. The summed E-state index contributed by atoms with van der Waals surface area (Å²) in [5.74, 6) is -1.71. The fraction of sp³-hybridized carbons (Fsp3) is 0.591. The Bertz CT molecular complexity index is 930. The molecule has 3 rings (SSSR count). The Balaban J connectivity index is 1.55. The van der Waals surface area contributed by atoms with Gasteiger partial charge in [0.25, 0.3) is 0 Å². The molecule has 1 unspecified atom stereocenters. The molecule has 1 atom stereocenters. The number of benzene rings is 1. The molecule has 170 valence electrons. The maximum absolute atomic E-state index is 12.9. The number of rotatable bonds is 6. The Hall–Kier alpha value is -2.26. The van der Waals surface area contributed by atoms with Crippen molar-refractivity contribution >= 4 is 33.5 Å². The summed E-state index contributed by atoms with van der Waals surface area (Å²) < 4.78 is 31.8. The van der Waals surface area contributed by atoms with Crippen molar-refractivity contribution in [1.82, 2.24) is 4.31 Å². The number of carbonyl (C=O) groups is 3. The maximum Gasteiger partial charge on any atom is 0.307 e. The normalized spacial score (nSPS) is 21.5. The number of esters is 1. The number of amides is 2. The highest BCUT2D eigenvalue weighted by molar-refractivity contribution is 7.89. The van der Waals surface area contributed by atoms with Gasteiger partial charge in [-0.05, 0) is 51.7 Å². The fourth-order valence-electron chi connectivity index (χ4n) is 4.16. The van der Waals surface area contributed by atoms with Crippen LogP contribution in [0.3, 0.4) is 0 Å². The largest absolute Gasteiger partial charge is 0.460 e. The van der Waals surface area contributed by atoms with Crippen molar-refractivity contribution in [1.29, 1.82) is 0 Å². The molecule has 2 heterocycles. The number of hydrogen-bond donors (Lipinski definition) is 0. The molecule has 2 aliphatic rings. The van der Waals surface area contributed by atoms with Gasteiger partial charge in [0.1, 0.15) is 5.60 Å². The first kappa shape index (κ1) is 23.4. The summed E-state index contributed by atoms with van der Waals surface area (Å²) >= 11 is 0. The van der Waals surface area contributed by atoms with Crippen molar-refractivity contribution in [3.05, 3.63) is 30.3 Å². The van der Waals surface area contributed by atoms with Gasteiger partial charge in [0, 0.05) is 19.5 Å². The van der Waals surface area contributed by atoms with Gasteiger partial charge in [-0.1, -0.05) is 18.2 Å². The number of hydrogen-bond acceptors (Lipinski definition) is 6. The molecule has 2 fully saturated rings. The van der Waals surface area contributed by atoms with Crippen molar-refractivity contribution < 1.29 is 27.5 Å². The van der Waals surface area contributed by atoms with E-state index in [4.69, 9.17) is 4.74 Å². The number of anilines is 1. The van der Waals surface area contributed by atoms with E-state index in [0.29, 0.717) is 18.5 Å². The second-order valence-corrected chi connectivity index (χ2v) is 11.2. The van der Waals surface area contributed by atoms with E-state index in [-0.39, 0.29) is 49.4 Å². The molecule has 9 heteroatoms. The molecular formula is C22H30N2O6S. The lowest BCUT2D eigenvalue weighted by Crippen LogP contribution is -2.42. The first-order valence-corrected chi connectivity index (χ1v) is 12.2. The molecule has 2 amide bonds. The number of piperidine rings is 1. The summed E-state index contributed by atoms with van der Waals surface area (Å²) in [6.45, 7) is 5.77. The van der Waals surface area contributed by atoms with Gasteiger partial charge in [-0.3, -0.25) is 19.3 Å². The molecule has 0 spiro atoms. The highest BCUT2D eigenvalue weighted by atomic mass is 32.2. The van der Waals surface area contributed by atoms with Gasteiger partial charge in [0.05, 0.1) is 23.8 Å². The van der Waals surface area contributed by atoms with E-state index in [2.05, 4.69) is 0 Å². The van der Waals surface area contributed by atoms with Crippen LogP contribution in [0.1, 0.15) is 46.5 Å². The van der Waals surface area contributed by atoms with E-state index in [9.17, 15) is 22.8 Å². The molecule has 0 N–H and O–H groups in total. The van der Waals surface area contributed by atoms with Crippen molar-refractivity contribution in [3.63, 3.8) is 0 Å². The molecule has 1 aromatic carbocycles. The SMILES string of the molecule is CC(C)(C)OC(=O)CCS(=O)(=O)N1CCC(C2CC(=O)N(c3ccccc3)C2=O)CC1. The monoisotopic (exact) mass is 450 g/mol. The molecule has 0 aromatic heterocycles. The molecule has 8 nitrogen and oxygen atoms in total. The van der Waals surface area contributed by atoms with Crippen LogP contribution in [0, 0.1) is 11.8 Å². The topological polar surface area (TPSA) is 101 Å². The van der Waals surface area contributed by atoms with Crippen LogP contribution in [0.15, 0.2) is 30.3 Å². The summed E-state index contributed by atoms with van der Waals surface area (Å²) in [5, 5.41) is 0. The Morgan fingerprint density at radius 3 is 2.29 bits per heavy atom. The van der Waals surface area contributed by atoms with Gasteiger partial charge >= 0.3 is 5.97 Å². The van der Waals surface area contributed by atoms with Crippen LogP contribution in [0.5, 0.6) is 0 Å². The quantitative estimate of drug-likeness (QED) is 0.487. The molecule has 0 saturated carbocycles. The molecule has 0 radical (unpaired) electrons. The third kappa shape index (κ3) is 5.71. The van der Waals surface area contributed by atoms with Gasteiger partial charge in [-0.2, -0.15) is 0 Å². The standard InChI is InChI=1S/C22H30N2O6S/c1-22(2,3)30-20(26)11-14-31(28,29)23-12-9-16(10-13-23)18-15-19(25)24(21(18)27)17-7-5-4-6-8-17/h4-8,16,18H,9-15H2,1-3H3. The second-order valence-electron chi connectivity index (χ2n) is 9.10. The van der Waals surface area contributed by atoms with E-state index in [1.807, 2.05) is 6.07 Å². The lowest BCUT2D eigenvalue weighted by Gasteiger charge is -2.33. The van der Waals surface area contributed by atoms with Crippen LogP contribution in [0.4, 0.5) is 5.69 Å². The van der Waals surface area contributed by atoms with Gasteiger partial charge in [0.2, 0.25) is 21.8 Å². The van der Waals surface area contributed by atoms with E-state index >= 15 is 0 Å². The number of sulfonamides is 1. The van der Waals surface area contributed by atoms with Crippen LogP contribution in [0.25, 0.3) is 0 Å². The summed E-state index contributed by atoms with van der Waals surface area (Å²) in [7, 11) is -3.59. The van der Waals surface area contributed by atoms with Gasteiger partial charge in [-0.25, -0.2) is 12.7 Å². The van der Waals surface area contributed by atoms with Crippen molar-refractivity contribution in [2.75, 3.05) is 23.7 Å². The Labute approximate surface area is 183 Å². The number of carbonyl (C=O) groups excluding carboxylic acids is 3. The Kier molecular flexibility index (Phi) is 6.85. The first-order valence-electron chi connectivity index (χ1n) is 10.6. The second kappa shape index (κ2) is 9.08. The number of para-hydroxylation sites is 1. The zero-order valence-electron chi connectivity index (χ0n) is 18.2. The molecule has 31 heavy (non-hydrogen) atoms. The van der Waals surface area contributed by atoms with E-state index < -0.39 is 27.5 Å². The number of imide groups is 1. The van der Waals surface area contributed by atoms with Crippen LogP contribution >= 0.6 is 0 Å². The summed E-state index contributed by atoms with van der Waals surface area (Å²) in [4.78, 5) is 38.5. The fourth-order valence-corrected chi connectivity index (χ4v) is 5.61. The maximum atomic E-state index is 12.9. The third-order valence-corrected chi connectivity index (χ3v) is 7.51. The molecule has 0 aliphatic carbocycles. The number of nitrogens with zero attached hydrogens (tertiary/aromatic N) is 2. The van der Waals surface area contributed by atoms with Crippen molar-refractivity contribution in [2.24, 2.45) is 11.8 Å². The van der Waals surface area contributed by atoms with Gasteiger partial charge < -0.3 is 4.74 Å². The minimum absolute atomic E-state index is 0.0394. The highest BCUT2D eigenvalue weighted by Crippen LogP contribution is 2.36. The predicted molar refractivity (Wildman–Crippen MR) is 116 cm³/mol. The molecule has 1 aromatic rings. The average molecular weight is 451 g/mol. The molecule has 2 saturated heterocycles. The Morgan fingerprint density at radius 2 is 1.71 bits per heavy atom. The minimum atomic E-state index is -3.59. The van der Waals surface area contributed by atoms with Crippen molar-refractivity contribution in [3.8, 4) is 0 Å². The lowest BCUT2D eigenvalue weighted by molar-refractivity contribution is -0.154. The first-order chi connectivity index (χ1) is 14.5. The van der Waals surface area contributed by atoms with Crippen LogP contribution < -0.4 is 4.90 Å². The molecular weight excluding hydrogens is 420 g/mol. The van der Waals surface area contributed by atoms with Gasteiger partial charge in [-0.15, -0.1) is 0 Å². The van der Waals surface area contributed by atoms with Crippen LogP contribution in [-0.2, 0) is 29.1 Å². The predicted octanol–water partition coefficient (Wildman–Crippen LogP) is 2.34. The van der Waals surface area contributed by atoms with Crippen molar-refractivity contribution in [2.45, 2.75) is 52.1 Å².